The number of ether oxygens (including phenoxy) is 2. The molecule has 0 aliphatic carbocycles. The Morgan fingerprint density at radius 1 is 1.50 bits per heavy atom. The van der Waals surface area contributed by atoms with Gasteiger partial charge in [-0.15, -0.1) is 0 Å². The third-order valence-electron chi connectivity index (χ3n) is 2.23. The Kier molecular flexibility index (Phi) is 2.50. The van der Waals surface area contributed by atoms with Crippen LogP contribution in [-0.2, 0) is 22.6 Å². The van der Waals surface area contributed by atoms with E-state index in [2.05, 4.69) is 0 Å². The molecule has 0 amide bonds. The third kappa shape index (κ3) is 1.63. The van der Waals surface area contributed by atoms with Crippen molar-refractivity contribution in [2.75, 3.05) is 6.79 Å². The van der Waals surface area contributed by atoms with Crippen molar-refractivity contribution in [2.45, 2.75) is 20.0 Å². The summed E-state index contributed by atoms with van der Waals surface area (Å²) in [5.41, 5.74) is 3.13. The van der Waals surface area contributed by atoms with Crippen molar-refractivity contribution in [3.63, 3.8) is 0 Å². The molecule has 1 aliphatic heterocycles. The van der Waals surface area contributed by atoms with Gasteiger partial charge in [0.05, 0.1) is 6.61 Å². The van der Waals surface area contributed by atoms with Crippen molar-refractivity contribution >= 4 is 6.29 Å². The van der Waals surface area contributed by atoms with Crippen LogP contribution >= 0.6 is 0 Å². The Morgan fingerprint density at radius 2 is 2.36 bits per heavy atom. The lowest BCUT2D eigenvalue weighted by Crippen LogP contribution is -2.13. The molecular weight excluding hydrogens is 180 g/mol. The topological polar surface area (TPSA) is 35.5 Å². The van der Waals surface area contributed by atoms with Gasteiger partial charge in [0.2, 0.25) is 0 Å². The highest BCUT2D eigenvalue weighted by Gasteiger charge is 2.15. The first-order chi connectivity index (χ1) is 6.81. The number of benzene rings is 1. The van der Waals surface area contributed by atoms with Crippen LogP contribution in [0.4, 0.5) is 0 Å². The first-order valence-electron chi connectivity index (χ1n) is 4.58. The van der Waals surface area contributed by atoms with Gasteiger partial charge in [0.25, 0.3) is 0 Å². The maximum atomic E-state index is 10.5. The van der Waals surface area contributed by atoms with E-state index in [1.807, 2.05) is 19.1 Å². The van der Waals surface area contributed by atoms with E-state index < -0.39 is 0 Å². The predicted molar refractivity (Wildman–Crippen MR) is 51.2 cm³/mol. The molecule has 0 spiro atoms. The molecule has 0 radical (unpaired) electrons. The van der Waals surface area contributed by atoms with E-state index in [1.54, 1.807) is 0 Å². The Hall–Kier alpha value is -1.35. The van der Waals surface area contributed by atoms with Gasteiger partial charge in [-0.2, -0.15) is 0 Å². The fourth-order valence-electron chi connectivity index (χ4n) is 1.71. The smallest absolute Gasteiger partial charge is 0.189 e. The number of rotatable bonds is 2. The minimum absolute atomic E-state index is 0.280. The van der Waals surface area contributed by atoms with Crippen LogP contribution in [0.15, 0.2) is 12.1 Å². The van der Waals surface area contributed by atoms with E-state index in [0.29, 0.717) is 13.0 Å². The largest absolute Gasteiger partial charge is 0.467 e. The zero-order valence-corrected chi connectivity index (χ0v) is 8.08. The molecule has 0 N–H and O–H groups in total. The second-order valence-electron chi connectivity index (χ2n) is 3.39. The first-order valence-corrected chi connectivity index (χ1v) is 4.58. The van der Waals surface area contributed by atoms with Crippen LogP contribution in [-0.4, -0.2) is 13.1 Å². The molecule has 1 aromatic rings. The molecule has 0 atom stereocenters. The number of hydrogen-bond donors (Lipinski definition) is 0. The van der Waals surface area contributed by atoms with Gasteiger partial charge in [0, 0.05) is 17.5 Å². The molecule has 14 heavy (non-hydrogen) atoms. The monoisotopic (exact) mass is 192 g/mol. The lowest BCUT2D eigenvalue weighted by molar-refractivity contribution is -0.107. The summed E-state index contributed by atoms with van der Waals surface area (Å²) in [4.78, 5) is 10.5. The molecule has 1 aromatic carbocycles. The number of hydrogen-bond acceptors (Lipinski definition) is 3. The second kappa shape index (κ2) is 3.80. The Labute approximate surface area is 82.6 Å². The van der Waals surface area contributed by atoms with E-state index in [9.17, 15) is 4.79 Å². The summed E-state index contributed by atoms with van der Waals surface area (Å²) in [6.45, 7) is 2.86. The van der Waals surface area contributed by atoms with E-state index in [1.165, 1.54) is 0 Å². The summed E-state index contributed by atoms with van der Waals surface area (Å²) in [5, 5.41) is 0. The highest BCUT2D eigenvalue weighted by atomic mass is 16.7. The standard InChI is InChI=1S/C11H12O3/c1-8-4-9(2-3-12)11-10(5-8)6-13-7-14-11/h3-5H,2,6-7H2,1H3. The van der Waals surface area contributed by atoms with Gasteiger partial charge in [-0.1, -0.05) is 17.7 Å². The highest BCUT2D eigenvalue weighted by Crippen LogP contribution is 2.29. The summed E-state index contributed by atoms with van der Waals surface area (Å²) in [6, 6.07) is 4.02. The molecule has 0 saturated carbocycles. The van der Waals surface area contributed by atoms with Crippen LogP contribution in [0.1, 0.15) is 16.7 Å². The van der Waals surface area contributed by atoms with Gasteiger partial charge in [0.15, 0.2) is 6.79 Å². The summed E-state index contributed by atoms with van der Waals surface area (Å²) in [6.07, 6.45) is 1.30. The lowest BCUT2D eigenvalue weighted by Gasteiger charge is -2.20. The number of fused-ring (bicyclic) bond motifs is 1. The number of carbonyl (C=O) groups excluding carboxylic acids is 1. The van der Waals surface area contributed by atoms with Crippen molar-refractivity contribution < 1.29 is 14.3 Å². The fraction of sp³-hybridized carbons (Fsp3) is 0.364. The molecule has 3 nitrogen and oxygen atoms in total. The summed E-state index contributed by atoms with van der Waals surface area (Å²) in [7, 11) is 0. The van der Waals surface area contributed by atoms with E-state index in [4.69, 9.17) is 9.47 Å². The highest BCUT2D eigenvalue weighted by molar-refractivity contribution is 5.59. The van der Waals surface area contributed by atoms with E-state index in [0.717, 1.165) is 28.7 Å². The fourth-order valence-corrected chi connectivity index (χ4v) is 1.71. The quantitative estimate of drug-likeness (QED) is 0.668. The van der Waals surface area contributed by atoms with Crippen molar-refractivity contribution in [3.05, 3.63) is 28.8 Å². The zero-order valence-electron chi connectivity index (χ0n) is 8.08. The average Bonchev–Trinajstić information content (AvgIpc) is 2.18. The van der Waals surface area contributed by atoms with Crippen molar-refractivity contribution in [2.24, 2.45) is 0 Å². The van der Waals surface area contributed by atoms with Gasteiger partial charge in [-0.25, -0.2) is 0 Å². The average molecular weight is 192 g/mol. The lowest BCUT2D eigenvalue weighted by atomic mass is 10.0. The maximum absolute atomic E-state index is 10.5. The number of aldehydes is 1. The molecular formula is C11H12O3. The molecule has 0 bridgehead atoms. The third-order valence-corrected chi connectivity index (χ3v) is 2.23. The summed E-state index contributed by atoms with van der Waals surface area (Å²) < 4.78 is 10.6. The Bertz CT molecular complexity index is 358. The molecule has 3 heteroatoms. The van der Waals surface area contributed by atoms with E-state index in [-0.39, 0.29) is 6.79 Å². The van der Waals surface area contributed by atoms with Crippen molar-refractivity contribution in [1.29, 1.82) is 0 Å². The second-order valence-corrected chi connectivity index (χ2v) is 3.39. The molecule has 0 aromatic heterocycles. The molecule has 74 valence electrons. The van der Waals surface area contributed by atoms with E-state index >= 15 is 0 Å². The molecule has 0 fully saturated rings. The van der Waals surface area contributed by atoms with Crippen molar-refractivity contribution in [1.82, 2.24) is 0 Å². The molecule has 0 saturated heterocycles. The minimum Gasteiger partial charge on any atom is -0.467 e. The van der Waals surface area contributed by atoms with Crippen LogP contribution in [0.2, 0.25) is 0 Å². The summed E-state index contributed by atoms with van der Waals surface area (Å²) in [5.74, 6) is 0.828. The molecule has 2 rings (SSSR count). The SMILES string of the molecule is Cc1cc(CC=O)c2c(c1)COCO2. The Morgan fingerprint density at radius 3 is 3.14 bits per heavy atom. The number of carbonyl (C=O) groups is 1. The normalized spacial score (nSPS) is 14.4. The van der Waals surface area contributed by atoms with Gasteiger partial charge >= 0.3 is 0 Å². The molecule has 1 aliphatic rings. The van der Waals surface area contributed by atoms with Gasteiger partial charge in [0.1, 0.15) is 12.0 Å². The zero-order chi connectivity index (χ0) is 9.97. The van der Waals surface area contributed by atoms with Crippen LogP contribution in [0.25, 0.3) is 0 Å². The van der Waals surface area contributed by atoms with Crippen LogP contribution in [0.3, 0.4) is 0 Å². The first kappa shape index (κ1) is 9.21. The summed E-state index contributed by atoms with van der Waals surface area (Å²) >= 11 is 0. The minimum atomic E-state index is 0.280. The van der Waals surface area contributed by atoms with Crippen LogP contribution in [0, 0.1) is 6.92 Å². The van der Waals surface area contributed by atoms with Gasteiger partial charge in [-0.05, 0) is 6.92 Å². The van der Waals surface area contributed by atoms with Crippen LogP contribution in [0.5, 0.6) is 5.75 Å². The maximum Gasteiger partial charge on any atom is 0.189 e. The Balaban J connectivity index is 2.46. The van der Waals surface area contributed by atoms with Gasteiger partial charge < -0.3 is 14.3 Å². The molecule has 0 unspecified atom stereocenters. The predicted octanol–water partition coefficient (Wildman–Crippen LogP) is 1.60. The van der Waals surface area contributed by atoms with Crippen molar-refractivity contribution in [3.8, 4) is 5.75 Å². The van der Waals surface area contributed by atoms with Gasteiger partial charge in [-0.3, -0.25) is 0 Å². The van der Waals surface area contributed by atoms with Crippen LogP contribution < -0.4 is 4.74 Å². The number of aryl methyl sites for hydroxylation is 1. The molecule has 1 heterocycles.